The van der Waals surface area contributed by atoms with Crippen LogP contribution in [0, 0.1) is 12.8 Å². The van der Waals surface area contributed by atoms with Gasteiger partial charge in [0.2, 0.25) is 11.8 Å². The third kappa shape index (κ3) is 3.21. The maximum absolute atomic E-state index is 12.1. The van der Waals surface area contributed by atoms with Crippen molar-refractivity contribution in [3.05, 3.63) is 15.6 Å². The topological polar surface area (TPSA) is 99.6 Å². The number of carbonyl (C=O) groups is 3. The number of carboxylic acids is 1. The van der Waals surface area contributed by atoms with Crippen molar-refractivity contribution >= 4 is 29.1 Å². The largest absolute Gasteiger partial charge is 0.477 e. The minimum absolute atomic E-state index is 0.0407. The van der Waals surface area contributed by atoms with E-state index in [0.29, 0.717) is 17.2 Å². The molecule has 2 unspecified atom stereocenters. The van der Waals surface area contributed by atoms with Crippen LogP contribution >= 0.6 is 11.3 Å². The molecule has 0 spiro atoms. The Kier molecular flexibility index (Phi) is 4.26. The number of carbonyl (C=O) groups excluding carboxylic acids is 2. The Bertz CT molecular complexity index is 598. The van der Waals surface area contributed by atoms with Crippen LogP contribution in [0.4, 0.5) is 0 Å². The van der Waals surface area contributed by atoms with Crippen LogP contribution in [-0.2, 0) is 9.59 Å². The van der Waals surface area contributed by atoms with Gasteiger partial charge in [-0.15, -0.1) is 11.3 Å². The van der Waals surface area contributed by atoms with Gasteiger partial charge in [-0.05, 0) is 13.8 Å². The summed E-state index contributed by atoms with van der Waals surface area (Å²) < 4.78 is 0. The van der Waals surface area contributed by atoms with Crippen molar-refractivity contribution in [1.29, 1.82) is 0 Å². The van der Waals surface area contributed by atoms with Crippen LogP contribution < -0.4 is 5.32 Å². The molecule has 114 valence electrons. The first-order valence-electron chi connectivity index (χ1n) is 6.54. The van der Waals surface area contributed by atoms with Gasteiger partial charge in [-0.1, -0.05) is 0 Å². The van der Waals surface area contributed by atoms with Gasteiger partial charge in [-0.25, -0.2) is 9.78 Å². The minimum Gasteiger partial charge on any atom is -0.477 e. The van der Waals surface area contributed by atoms with Crippen LogP contribution in [0.3, 0.4) is 0 Å². The Morgan fingerprint density at radius 3 is 2.67 bits per heavy atom. The van der Waals surface area contributed by atoms with Crippen LogP contribution in [0.5, 0.6) is 0 Å². The highest BCUT2D eigenvalue weighted by molar-refractivity contribution is 7.13. The molecule has 0 saturated carbocycles. The fourth-order valence-electron chi connectivity index (χ4n) is 2.23. The van der Waals surface area contributed by atoms with Gasteiger partial charge in [0, 0.05) is 20.0 Å². The predicted octanol–water partition coefficient (Wildman–Crippen LogP) is 0.805. The molecule has 2 N–H and O–H groups in total. The van der Waals surface area contributed by atoms with Gasteiger partial charge in [-0.3, -0.25) is 9.59 Å². The van der Waals surface area contributed by atoms with Crippen molar-refractivity contribution in [1.82, 2.24) is 15.2 Å². The molecule has 1 aliphatic heterocycles. The first kappa shape index (κ1) is 15.4. The number of rotatable bonds is 4. The van der Waals surface area contributed by atoms with Crippen molar-refractivity contribution in [2.45, 2.75) is 26.3 Å². The van der Waals surface area contributed by atoms with Gasteiger partial charge in [0.05, 0.1) is 17.7 Å². The number of likely N-dealkylation sites (tertiary alicyclic amines) is 1. The maximum atomic E-state index is 12.1. The molecule has 7 nitrogen and oxygen atoms in total. The van der Waals surface area contributed by atoms with Gasteiger partial charge >= 0.3 is 5.97 Å². The van der Waals surface area contributed by atoms with E-state index >= 15 is 0 Å². The van der Waals surface area contributed by atoms with Gasteiger partial charge in [0.15, 0.2) is 0 Å². The number of nitrogens with one attached hydrogen (secondary N) is 1. The summed E-state index contributed by atoms with van der Waals surface area (Å²) >= 11 is 1.06. The highest BCUT2D eigenvalue weighted by Gasteiger charge is 2.33. The molecular formula is C13H17N3O4S. The molecule has 2 amide bonds. The SMILES string of the molecule is Cc1nc(C(C)NC(=O)C2CC(=O)N(C)C2)sc1C(=O)O. The predicted molar refractivity (Wildman–Crippen MR) is 76.1 cm³/mol. The number of aromatic nitrogens is 1. The van der Waals surface area contributed by atoms with Crippen LogP contribution in [0.15, 0.2) is 0 Å². The van der Waals surface area contributed by atoms with Crippen LogP contribution in [0.2, 0.25) is 0 Å². The fraction of sp³-hybridized carbons (Fsp3) is 0.538. The molecule has 2 heterocycles. The van der Waals surface area contributed by atoms with Crippen LogP contribution in [0.1, 0.15) is 39.8 Å². The van der Waals surface area contributed by atoms with Crippen LogP contribution in [0.25, 0.3) is 0 Å². The van der Waals surface area contributed by atoms with E-state index in [0.717, 1.165) is 11.3 Å². The van der Waals surface area contributed by atoms with Gasteiger partial charge in [0.1, 0.15) is 9.88 Å². The molecule has 0 aliphatic carbocycles. The zero-order valence-corrected chi connectivity index (χ0v) is 12.9. The summed E-state index contributed by atoms with van der Waals surface area (Å²) in [7, 11) is 1.67. The molecule has 0 bridgehead atoms. The van der Waals surface area contributed by atoms with Gasteiger partial charge in [0.25, 0.3) is 0 Å². The van der Waals surface area contributed by atoms with E-state index in [1.165, 1.54) is 4.90 Å². The fourth-order valence-corrected chi connectivity index (χ4v) is 3.14. The van der Waals surface area contributed by atoms with Crippen molar-refractivity contribution in [3.63, 3.8) is 0 Å². The summed E-state index contributed by atoms with van der Waals surface area (Å²) in [4.78, 5) is 40.5. The number of nitrogens with zero attached hydrogens (tertiary/aromatic N) is 2. The van der Waals surface area contributed by atoms with Gasteiger partial charge in [-0.2, -0.15) is 0 Å². The highest BCUT2D eigenvalue weighted by atomic mass is 32.1. The molecule has 1 aliphatic rings. The third-order valence-corrected chi connectivity index (χ3v) is 4.78. The zero-order chi connectivity index (χ0) is 15.7. The number of aromatic carboxylic acids is 1. The average molecular weight is 311 g/mol. The first-order valence-corrected chi connectivity index (χ1v) is 7.36. The number of hydrogen-bond donors (Lipinski definition) is 2. The quantitative estimate of drug-likeness (QED) is 0.857. The summed E-state index contributed by atoms with van der Waals surface area (Å²) in [5, 5.41) is 12.4. The first-order chi connectivity index (χ1) is 9.79. The molecule has 21 heavy (non-hydrogen) atoms. The third-order valence-electron chi connectivity index (χ3n) is 3.45. The Morgan fingerprint density at radius 1 is 1.52 bits per heavy atom. The number of carboxylic acid groups (broad SMARTS) is 1. The molecule has 0 aromatic carbocycles. The lowest BCUT2D eigenvalue weighted by Gasteiger charge is -2.15. The molecule has 2 atom stereocenters. The monoisotopic (exact) mass is 311 g/mol. The summed E-state index contributed by atoms with van der Waals surface area (Å²) in [5.74, 6) is -1.62. The number of aryl methyl sites for hydroxylation is 1. The molecule has 8 heteroatoms. The molecule has 1 aromatic heterocycles. The van der Waals surface area contributed by atoms with Crippen molar-refractivity contribution in [2.24, 2.45) is 5.92 Å². The Morgan fingerprint density at radius 2 is 2.19 bits per heavy atom. The van der Waals surface area contributed by atoms with E-state index < -0.39 is 5.97 Å². The zero-order valence-electron chi connectivity index (χ0n) is 12.0. The summed E-state index contributed by atoms with van der Waals surface area (Å²) in [5.41, 5.74) is 0.444. The van der Waals surface area contributed by atoms with E-state index in [2.05, 4.69) is 10.3 Å². The number of amides is 2. The number of hydrogen-bond acceptors (Lipinski definition) is 5. The molecule has 0 radical (unpaired) electrons. The Hall–Kier alpha value is -1.96. The Balaban J connectivity index is 2.03. The van der Waals surface area contributed by atoms with Crippen molar-refractivity contribution in [2.75, 3.05) is 13.6 Å². The number of thiazole rings is 1. The second-order valence-electron chi connectivity index (χ2n) is 5.18. The molecule has 1 fully saturated rings. The maximum Gasteiger partial charge on any atom is 0.347 e. The molecule has 1 saturated heterocycles. The highest BCUT2D eigenvalue weighted by Crippen LogP contribution is 2.24. The lowest BCUT2D eigenvalue weighted by atomic mass is 10.1. The minimum atomic E-state index is -1.02. The van der Waals surface area contributed by atoms with E-state index in [4.69, 9.17) is 5.11 Å². The van der Waals surface area contributed by atoms with E-state index in [1.807, 2.05) is 0 Å². The summed E-state index contributed by atoms with van der Waals surface area (Å²) in [6.07, 6.45) is 0.215. The van der Waals surface area contributed by atoms with Crippen LogP contribution in [-0.4, -0.2) is 46.4 Å². The lowest BCUT2D eigenvalue weighted by molar-refractivity contribution is -0.128. The molecule has 1 aromatic rings. The lowest BCUT2D eigenvalue weighted by Crippen LogP contribution is -2.34. The van der Waals surface area contributed by atoms with Crippen molar-refractivity contribution in [3.8, 4) is 0 Å². The van der Waals surface area contributed by atoms with Crippen molar-refractivity contribution < 1.29 is 19.5 Å². The average Bonchev–Trinajstić information content (AvgIpc) is 2.94. The second kappa shape index (κ2) is 5.80. The summed E-state index contributed by atoms with van der Waals surface area (Å²) in [6.45, 7) is 3.79. The van der Waals surface area contributed by atoms with E-state index in [1.54, 1.807) is 20.9 Å². The summed E-state index contributed by atoms with van der Waals surface area (Å²) in [6, 6.07) is -0.379. The Labute approximate surface area is 126 Å². The smallest absolute Gasteiger partial charge is 0.347 e. The molecular weight excluding hydrogens is 294 g/mol. The second-order valence-corrected chi connectivity index (χ2v) is 6.21. The standard InChI is InChI=1S/C13H17N3O4S/c1-6-10(13(19)20)21-12(15-6)7(2)14-11(18)8-4-9(17)16(3)5-8/h7-8H,4-5H2,1-3H3,(H,14,18)(H,19,20). The van der Waals surface area contributed by atoms with E-state index in [-0.39, 0.29) is 35.1 Å². The molecule has 2 rings (SSSR count). The normalized spacial score (nSPS) is 19.7. The van der Waals surface area contributed by atoms with Gasteiger partial charge < -0.3 is 15.3 Å². The van der Waals surface area contributed by atoms with E-state index in [9.17, 15) is 14.4 Å².